The standard InChI is InChI=1S/C18H16ClN3O2S2/c19-16-11-10-15(26(23,24)12-6-2-1-3-7-12)17(21-16)22-18-20-13-8-4-5-9-14(13)25-18/h1-3,6-7,10-11H,4-5,8-9H2,(H,20,21,22). The molecule has 0 spiro atoms. The molecule has 26 heavy (non-hydrogen) atoms. The summed E-state index contributed by atoms with van der Waals surface area (Å²) in [5, 5.41) is 3.95. The first kappa shape index (κ1) is 17.5. The third-order valence-electron chi connectivity index (χ3n) is 4.24. The Balaban J connectivity index is 1.75. The Bertz CT molecular complexity index is 1030. The molecule has 0 bridgehead atoms. The average molecular weight is 406 g/mol. The second-order valence-electron chi connectivity index (χ2n) is 6.02. The molecule has 1 aliphatic carbocycles. The summed E-state index contributed by atoms with van der Waals surface area (Å²) in [5.74, 6) is 0.201. The van der Waals surface area contributed by atoms with Crippen LogP contribution in [0.1, 0.15) is 23.4 Å². The summed E-state index contributed by atoms with van der Waals surface area (Å²) in [6, 6.07) is 11.3. The third kappa shape index (κ3) is 3.34. The Morgan fingerprint density at radius 3 is 2.54 bits per heavy atom. The number of thiazole rings is 1. The highest BCUT2D eigenvalue weighted by Crippen LogP contribution is 2.34. The SMILES string of the molecule is O=S(=O)(c1ccccc1)c1ccc(Cl)nc1Nc1nc2c(s1)CCCC2. The molecule has 0 radical (unpaired) electrons. The van der Waals surface area contributed by atoms with Crippen molar-refractivity contribution < 1.29 is 8.42 Å². The van der Waals surface area contributed by atoms with Crippen molar-refractivity contribution in [2.24, 2.45) is 0 Å². The number of halogens is 1. The minimum atomic E-state index is -3.72. The van der Waals surface area contributed by atoms with E-state index in [-0.39, 0.29) is 20.8 Å². The lowest BCUT2D eigenvalue weighted by Crippen LogP contribution is -2.07. The maximum Gasteiger partial charge on any atom is 0.210 e. The van der Waals surface area contributed by atoms with Gasteiger partial charge in [-0.25, -0.2) is 18.4 Å². The number of benzene rings is 1. The summed E-state index contributed by atoms with van der Waals surface area (Å²) in [6.45, 7) is 0. The number of nitrogens with one attached hydrogen (secondary N) is 1. The zero-order valence-corrected chi connectivity index (χ0v) is 16.2. The molecule has 0 saturated heterocycles. The highest BCUT2D eigenvalue weighted by Gasteiger charge is 2.24. The molecule has 134 valence electrons. The van der Waals surface area contributed by atoms with Gasteiger partial charge in [-0.3, -0.25) is 0 Å². The Morgan fingerprint density at radius 1 is 1.00 bits per heavy atom. The van der Waals surface area contributed by atoms with Gasteiger partial charge in [-0.15, -0.1) is 11.3 Å². The number of hydrogen-bond donors (Lipinski definition) is 1. The van der Waals surface area contributed by atoms with Crippen LogP contribution in [0.3, 0.4) is 0 Å². The van der Waals surface area contributed by atoms with Gasteiger partial charge in [-0.1, -0.05) is 29.8 Å². The molecule has 2 aromatic heterocycles. The second-order valence-corrected chi connectivity index (χ2v) is 9.41. The van der Waals surface area contributed by atoms with Crippen molar-refractivity contribution in [3.05, 3.63) is 58.2 Å². The van der Waals surface area contributed by atoms with Crippen LogP contribution in [-0.2, 0) is 22.7 Å². The number of aromatic nitrogens is 2. The van der Waals surface area contributed by atoms with E-state index in [1.54, 1.807) is 41.7 Å². The van der Waals surface area contributed by atoms with Gasteiger partial charge in [0.05, 0.1) is 10.6 Å². The lowest BCUT2D eigenvalue weighted by Gasteiger charge is -2.10. The van der Waals surface area contributed by atoms with Gasteiger partial charge in [-0.05, 0) is 49.9 Å². The Hall–Kier alpha value is -1.96. The predicted molar refractivity (Wildman–Crippen MR) is 103 cm³/mol. The molecular weight excluding hydrogens is 390 g/mol. The number of anilines is 2. The minimum Gasteiger partial charge on any atom is -0.315 e. The maximum absolute atomic E-state index is 13.0. The molecule has 8 heteroatoms. The van der Waals surface area contributed by atoms with E-state index in [0.29, 0.717) is 5.13 Å². The van der Waals surface area contributed by atoms with E-state index < -0.39 is 9.84 Å². The van der Waals surface area contributed by atoms with Crippen molar-refractivity contribution in [3.8, 4) is 0 Å². The van der Waals surface area contributed by atoms with Crippen molar-refractivity contribution in [1.29, 1.82) is 0 Å². The molecule has 0 unspecified atom stereocenters. The van der Waals surface area contributed by atoms with Crippen molar-refractivity contribution in [3.63, 3.8) is 0 Å². The van der Waals surface area contributed by atoms with Crippen LogP contribution in [0.15, 0.2) is 52.3 Å². The molecule has 0 atom stereocenters. The van der Waals surface area contributed by atoms with Gasteiger partial charge in [0.15, 0.2) is 10.9 Å². The number of nitrogens with zero attached hydrogens (tertiary/aromatic N) is 2. The van der Waals surface area contributed by atoms with Crippen LogP contribution in [0.5, 0.6) is 0 Å². The Morgan fingerprint density at radius 2 is 1.77 bits per heavy atom. The fourth-order valence-electron chi connectivity index (χ4n) is 2.96. The number of aryl methyl sites for hydroxylation is 2. The fraction of sp³-hybridized carbons (Fsp3) is 0.222. The van der Waals surface area contributed by atoms with E-state index in [9.17, 15) is 8.42 Å². The van der Waals surface area contributed by atoms with Gasteiger partial charge in [0.25, 0.3) is 0 Å². The van der Waals surface area contributed by atoms with Crippen molar-refractivity contribution >= 4 is 43.7 Å². The lowest BCUT2D eigenvalue weighted by molar-refractivity contribution is 0.596. The topological polar surface area (TPSA) is 72.0 Å². The van der Waals surface area contributed by atoms with E-state index in [0.717, 1.165) is 31.4 Å². The molecule has 1 aliphatic rings. The van der Waals surface area contributed by atoms with Crippen LogP contribution in [0.4, 0.5) is 10.9 Å². The highest BCUT2D eigenvalue weighted by atomic mass is 35.5. The molecule has 4 rings (SSSR count). The van der Waals surface area contributed by atoms with Crippen LogP contribution >= 0.6 is 22.9 Å². The zero-order valence-electron chi connectivity index (χ0n) is 13.8. The van der Waals surface area contributed by atoms with Gasteiger partial charge in [0.2, 0.25) is 9.84 Å². The number of rotatable bonds is 4. The Kier molecular flexibility index (Phi) is 4.69. The molecule has 0 saturated carbocycles. The zero-order chi connectivity index (χ0) is 18.1. The summed E-state index contributed by atoms with van der Waals surface area (Å²) in [7, 11) is -3.72. The maximum atomic E-state index is 13.0. The van der Waals surface area contributed by atoms with Crippen molar-refractivity contribution in [2.75, 3.05) is 5.32 Å². The van der Waals surface area contributed by atoms with Crippen LogP contribution in [0, 0.1) is 0 Å². The monoisotopic (exact) mass is 405 g/mol. The lowest BCUT2D eigenvalue weighted by atomic mass is 10.0. The predicted octanol–water partition coefficient (Wildman–Crippen LogP) is 4.65. The first-order valence-corrected chi connectivity index (χ1v) is 10.9. The summed E-state index contributed by atoms with van der Waals surface area (Å²) in [5.41, 5.74) is 1.10. The van der Waals surface area contributed by atoms with E-state index >= 15 is 0 Å². The van der Waals surface area contributed by atoms with E-state index in [1.807, 2.05) is 0 Å². The smallest absolute Gasteiger partial charge is 0.210 e. The molecule has 1 N–H and O–H groups in total. The normalized spacial score (nSPS) is 14.0. The van der Waals surface area contributed by atoms with Crippen LogP contribution in [0.2, 0.25) is 5.15 Å². The quantitative estimate of drug-likeness (QED) is 0.640. The van der Waals surface area contributed by atoms with Crippen molar-refractivity contribution in [2.45, 2.75) is 35.5 Å². The van der Waals surface area contributed by atoms with E-state index in [1.165, 1.54) is 17.0 Å². The molecule has 0 aliphatic heterocycles. The van der Waals surface area contributed by atoms with Gasteiger partial charge in [0, 0.05) is 4.88 Å². The average Bonchev–Trinajstić information content (AvgIpc) is 3.04. The molecule has 2 heterocycles. The van der Waals surface area contributed by atoms with E-state index in [4.69, 9.17) is 11.6 Å². The van der Waals surface area contributed by atoms with Crippen LogP contribution in [0.25, 0.3) is 0 Å². The Labute approximate surface area is 161 Å². The largest absolute Gasteiger partial charge is 0.315 e. The number of fused-ring (bicyclic) bond motifs is 1. The summed E-state index contributed by atoms with van der Waals surface area (Å²) in [6.07, 6.45) is 4.29. The van der Waals surface area contributed by atoms with Crippen molar-refractivity contribution in [1.82, 2.24) is 9.97 Å². The van der Waals surface area contributed by atoms with Gasteiger partial charge in [0.1, 0.15) is 10.0 Å². The number of pyridine rings is 1. The molecule has 0 amide bonds. The van der Waals surface area contributed by atoms with Crippen LogP contribution in [-0.4, -0.2) is 18.4 Å². The molecular formula is C18H16ClN3O2S2. The van der Waals surface area contributed by atoms with Gasteiger partial charge >= 0.3 is 0 Å². The summed E-state index contributed by atoms with van der Waals surface area (Å²) < 4.78 is 26.0. The molecule has 3 aromatic rings. The fourth-order valence-corrected chi connectivity index (χ4v) is 5.53. The highest BCUT2D eigenvalue weighted by molar-refractivity contribution is 7.91. The second kappa shape index (κ2) is 6.98. The first-order chi connectivity index (χ1) is 12.5. The number of sulfone groups is 1. The molecule has 5 nitrogen and oxygen atoms in total. The van der Waals surface area contributed by atoms with Gasteiger partial charge in [-0.2, -0.15) is 0 Å². The molecule has 1 aromatic carbocycles. The van der Waals surface area contributed by atoms with Gasteiger partial charge < -0.3 is 5.32 Å². The van der Waals surface area contributed by atoms with Crippen LogP contribution < -0.4 is 5.32 Å². The summed E-state index contributed by atoms with van der Waals surface area (Å²) in [4.78, 5) is 10.4. The number of hydrogen-bond acceptors (Lipinski definition) is 6. The minimum absolute atomic E-state index is 0.0845. The first-order valence-electron chi connectivity index (χ1n) is 8.26. The van der Waals surface area contributed by atoms with E-state index in [2.05, 4.69) is 15.3 Å². The third-order valence-corrected chi connectivity index (χ3v) is 7.32. The molecule has 0 fully saturated rings. The summed E-state index contributed by atoms with van der Waals surface area (Å²) >= 11 is 7.57.